The van der Waals surface area contributed by atoms with E-state index in [-0.39, 0.29) is 18.1 Å². The summed E-state index contributed by atoms with van der Waals surface area (Å²) in [6.07, 6.45) is 1.35. The second-order valence-electron chi connectivity index (χ2n) is 4.22. The van der Waals surface area contributed by atoms with Gasteiger partial charge in [0.25, 0.3) is 5.91 Å². The van der Waals surface area contributed by atoms with Crippen LogP contribution in [0, 0.1) is 11.3 Å². The summed E-state index contributed by atoms with van der Waals surface area (Å²) in [7, 11) is 0. The van der Waals surface area contributed by atoms with Crippen LogP contribution >= 0.6 is 0 Å². The molecule has 0 spiro atoms. The van der Waals surface area contributed by atoms with E-state index in [1.165, 1.54) is 6.20 Å². The van der Waals surface area contributed by atoms with Gasteiger partial charge in [-0.05, 0) is 20.8 Å². The first-order valence-corrected chi connectivity index (χ1v) is 4.79. The van der Waals surface area contributed by atoms with Crippen LogP contribution in [0.2, 0.25) is 0 Å². The molecule has 0 radical (unpaired) electrons. The van der Waals surface area contributed by atoms with Crippen LogP contribution in [0.3, 0.4) is 0 Å². The summed E-state index contributed by atoms with van der Waals surface area (Å²) in [5, 5.41) is 17.4. The normalized spacial score (nSPS) is 10.9. The fourth-order valence-corrected chi connectivity index (χ4v) is 0.924. The molecular formula is C10H14N4O2. The molecule has 0 atom stereocenters. The Morgan fingerprint density at radius 3 is 2.94 bits per heavy atom. The van der Waals surface area contributed by atoms with Crippen LogP contribution in [0.5, 0.6) is 0 Å². The number of nitrogens with one attached hydrogen (secondary N) is 2. The first-order chi connectivity index (χ1) is 7.42. The zero-order valence-corrected chi connectivity index (χ0v) is 9.50. The lowest BCUT2D eigenvalue weighted by atomic mass is 10.2. The van der Waals surface area contributed by atoms with Crippen molar-refractivity contribution in [3.8, 4) is 6.07 Å². The topological polar surface area (TPSA) is 90.8 Å². The Balaban J connectivity index is 2.50. The van der Waals surface area contributed by atoms with Crippen LogP contribution in [0.1, 0.15) is 26.3 Å². The number of nitriles is 1. The van der Waals surface area contributed by atoms with Gasteiger partial charge in [0.05, 0.1) is 11.8 Å². The lowest BCUT2D eigenvalue weighted by Crippen LogP contribution is -2.27. The van der Waals surface area contributed by atoms with E-state index < -0.39 is 0 Å². The number of carbonyl (C=O) groups excluding carboxylic acids is 1. The van der Waals surface area contributed by atoms with Crippen LogP contribution < -0.4 is 5.32 Å². The van der Waals surface area contributed by atoms with Crippen molar-refractivity contribution >= 4 is 11.7 Å². The van der Waals surface area contributed by atoms with Gasteiger partial charge in [-0.2, -0.15) is 10.4 Å². The maximum Gasteiger partial charge on any atom is 0.251 e. The second-order valence-corrected chi connectivity index (χ2v) is 4.22. The maximum atomic E-state index is 11.4. The molecule has 16 heavy (non-hydrogen) atoms. The number of nitrogens with zero attached hydrogens (tertiary/aromatic N) is 2. The number of amides is 1. The van der Waals surface area contributed by atoms with Crippen LogP contribution in [0.15, 0.2) is 6.20 Å². The number of ether oxygens (including phenoxy) is 1. The average Bonchev–Trinajstić information content (AvgIpc) is 2.61. The maximum absolute atomic E-state index is 11.4. The van der Waals surface area contributed by atoms with Crippen molar-refractivity contribution in [3.63, 3.8) is 0 Å². The molecule has 0 aliphatic rings. The predicted octanol–water partition coefficient (Wildman–Crippen LogP) is 1.03. The Hall–Kier alpha value is -1.87. The standard InChI is InChI=1S/C10H14N4O2/c1-10(2,3)16-6-8(15)13-9-7(4-11)5-12-14-9/h5H,6H2,1-3H3,(H2,12,13,14,15). The number of hydrogen-bond donors (Lipinski definition) is 2. The van der Waals surface area contributed by atoms with E-state index in [1.54, 1.807) is 0 Å². The molecule has 6 nitrogen and oxygen atoms in total. The number of anilines is 1. The number of aromatic amines is 1. The van der Waals surface area contributed by atoms with E-state index in [0.717, 1.165) is 0 Å². The van der Waals surface area contributed by atoms with Gasteiger partial charge in [0.2, 0.25) is 0 Å². The van der Waals surface area contributed by atoms with E-state index >= 15 is 0 Å². The molecule has 0 bridgehead atoms. The van der Waals surface area contributed by atoms with Crippen LogP contribution in [0.4, 0.5) is 5.82 Å². The molecule has 0 saturated carbocycles. The fraction of sp³-hybridized carbons (Fsp3) is 0.500. The number of carbonyl (C=O) groups is 1. The molecule has 1 aromatic heterocycles. The molecule has 6 heteroatoms. The molecule has 1 heterocycles. The van der Waals surface area contributed by atoms with Crippen LogP contribution in [0.25, 0.3) is 0 Å². The minimum atomic E-state index is -0.372. The number of aromatic nitrogens is 2. The van der Waals surface area contributed by atoms with Crippen molar-refractivity contribution in [2.45, 2.75) is 26.4 Å². The Labute approximate surface area is 93.6 Å². The largest absolute Gasteiger partial charge is 0.366 e. The van der Waals surface area contributed by atoms with Crippen molar-refractivity contribution < 1.29 is 9.53 Å². The summed E-state index contributed by atoms with van der Waals surface area (Å²) in [6.45, 7) is 5.51. The Morgan fingerprint density at radius 1 is 1.69 bits per heavy atom. The first-order valence-electron chi connectivity index (χ1n) is 4.79. The molecule has 0 aliphatic carbocycles. The van der Waals surface area contributed by atoms with Gasteiger partial charge < -0.3 is 10.1 Å². The third-order valence-electron chi connectivity index (χ3n) is 1.66. The van der Waals surface area contributed by atoms with Crippen molar-refractivity contribution in [2.24, 2.45) is 0 Å². The van der Waals surface area contributed by atoms with Gasteiger partial charge in [-0.1, -0.05) is 0 Å². The molecule has 86 valence electrons. The molecule has 1 rings (SSSR count). The highest BCUT2D eigenvalue weighted by Gasteiger charge is 2.14. The molecular weight excluding hydrogens is 208 g/mol. The molecule has 0 fully saturated rings. The van der Waals surface area contributed by atoms with Crippen molar-refractivity contribution in [3.05, 3.63) is 11.8 Å². The minimum absolute atomic E-state index is 0.0621. The third-order valence-corrected chi connectivity index (χ3v) is 1.66. The van der Waals surface area contributed by atoms with E-state index in [0.29, 0.717) is 11.4 Å². The van der Waals surface area contributed by atoms with Crippen molar-refractivity contribution in [2.75, 3.05) is 11.9 Å². The zero-order valence-electron chi connectivity index (χ0n) is 9.50. The molecule has 0 unspecified atom stereocenters. The van der Waals surface area contributed by atoms with E-state index in [2.05, 4.69) is 15.5 Å². The summed E-state index contributed by atoms with van der Waals surface area (Å²) in [5.74, 6) is -0.0271. The Bertz CT molecular complexity index is 411. The van der Waals surface area contributed by atoms with Gasteiger partial charge in [-0.3, -0.25) is 9.89 Å². The summed E-state index contributed by atoms with van der Waals surface area (Å²) < 4.78 is 5.28. The van der Waals surface area contributed by atoms with Gasteiger partial charge in [0.15, 0.2) is 0 Å². The van der Waals surface area contributed by atoms with E-state index in [4.69, 9.17) is 10.00 Å². The zero-order chi connectivity index (χ0) is 12.2. The monoisotopic (exact) mass is 222 g/mol. The van der Waals surface area contributed by atoms with Crippen molar-refractivity contribution in [1.29, 1.82) is 5.26 Å². The minimum Gasteiger partial charge on any atom is -0.366 e. The van der Waals surface area contributed by atoms with Crippen molar-refractivity contribution in [1.82, 2.24) is 10.2 Å². The molecule has 2 N–H and O–H groups in total. The van der Waals surface area contributed by atoms with E-state index in [1.807, 2.05) is 26.8 Å². The highest BCUT2D eigenvalue weighted by atomic mass is 16.5. The molecule has 1 aromatic rings. The SMILES string of the molecule is CC(C)(C)OCC(=O)Nc1[nH]ncc1C#N. The lowest BCUT2D eigenvalue weighted by molar-refractivity contribution is -0.125. The molecule has 1 amide bonds. The van der Waals surface area contributed by atoms with Gasteiger partial charge in [-0.15, -0.1) is 0 Å². The highest BCUT2D eigenvalue weighted by Crippen LogP contribution is 2.10. The number of rotatable bonds is 3. The molecule has 0 saturated heterocycles. The highest BCUT2D eigenvalue weighted by molar-refractivity contribution is 5.91. The van der Waals surface area contributed by atoms with Crippen LogP contribution in [-0.2, 0) is 9.53 Å². The smallest absolute Gasteiger partial charge is 0.251 e. The van der Waals surface area contributed by atoms with Crippen LogP contribution in [-0.4, -0.2) is 28.3 Å². The Kier molecular flexibility index (Phi) is 3.64. The second kappa shape index (κ2) is 4.77. The number of hydrogen-bond acceptors (Lipinski definition) is 4. The Morgan fingerprint density at radius 2 is 2.38 bits per heavy atom. The quantitative estimate of drug-likeness (QED) is 0.799. The summed E-state index contributed by atoms with van der Waals surface area (Å²) in [4.78, 5) is 11.4. The van der Waals surface area contributed by atoms with Gasteiger partial charge in [0, 0.05) is 0 Å². The summed E-state index contributed by atoms with van der Waals surface area (Å²) in [6, 6.07) is 1.90. The molecule has 0 aromatic carbocycles. The first kappa shape index (κ1) is 12.2. The fourth-order valence-electron chi connectivity index (χ4n) is 0.924. The van der Waals surface area contributed by atoms with Gasteiger partial charge >= 0.3 is 0 Å². The van der Waals surface area contributed by atoms with Gasteiger partial charge in [0.1, 0.15) is 24.1 Å². The van der Waals surface area contributed by atoms with E-state index in [9.17, 15) is 4.79 Å². The number of H-pyrrole nitrogens is 1. The summed E-state index contributed by atoms with van der Waals surface area (Å²) >= 11 is 0. The molecule has 0 aliphatic heterocycles. The van der Waals surface area contributed by atoms with Gasteiger partial charge in [-0.25, -0.2) is 0 Å². The lowest BCUT2D eigenvalue weighted by Gasteiger charge is -2.18. The average molecular weight is 222 g/mol. The predicted molar refractivity (Wildman–Crippen MR) is 57.6 cm³/mol. The third kappa shape index (κ3) is 3.71. The summed E-state index contributed by atoms with van der Waals surface area (Å²) in [5.41, 5.74) is -0.0762.